The van der Waals surface area contributed by atoms with Crippen LogP contribution in [0.2, 0.25) is 0 Å². The molecule has 2 N–H and O–H groups in total. The molecular formula is C14H15NO4S. The maximum atomic E-state index is 12.2. The van der Waals surface area contributed by atoms with Crippen LogP contribution in [0.3, 0.4) is 0 Å². The molecule has 0 heterocycles. The normalized spacial score (nSPS) is 11.2. The Labute approximate surface area is 117 Å². The molecule has 0 aliphatic carbocycles. The van der Waals surface area contributed by atoms with Gasteiger partial charge in [0.25, 0.3) is 10.0 Å². The Hall–Kier alpha value is -2.05. The molecule has 0 atom stereocenters. The molecule has 2 aromatic carbocycles. The van der Waals surface area contributed by atoms with E-state index >= 15 is 0 Å². The van der Waals surface area contributed by atoms with E-state index in [1.807, 2.05) is 0 Å². The third-order valence-corrected chi connectivity index (χ3v) is 4.05. The van der Waals surface area contributed by atoms with Crippen molar-refractivity contribution >= 4 is 15.7 Å². The van der Waals surface area contributed by atoms with Gasteiger partial charge in [0.05, 0.1) is 17.2 Å². The molecule has 0 saturated heterocycles. The number of aromatic hydroxyl groups is 1. The van der Waals surface area contributed by atoms with Crippen LogP contribution in [0.25, 0.3) is 0 Å². The Morgan fingerprint density at radius 3 is 2.60 bits per heavy atom. The molecule has 2 rings (SSSR count). The lowest BCUT2D eigenvalue weighted by atomic mass is 10.2. The highest BCUT2D eigenvalue weighted by Crippen LogP contribution is 2.22. The number of phenols is 1. The number of sulfonamides is 1. The van der Waals surface area contributed by atoms with Gasteiger partial charge in [-0.3, -0.25) is 4.72 Å². The van der Waals surface area contributed by atoms with E-state index < -0.39 is 10.0 Å². The highest BCUT2D eigenvalue weighted by atomic mass is 32.2. The van der Waals surface area contributed by atoms with Crippen molar-refractivity contribution in [2.24, 2.45) is 0 Å². The van der Waals surface area contributed by atoms with Crippen LogP contribution >= 0.6 is 0 Å². The van der Waals surface area contributed by atoms with E-state index in [1.54, 1.807) is 31.4 Å². The second-order valence-electron chi connectivity index (χ2n) is 4.19. The Morgan fingerprint density at radius 2 is 1.90 bits per heavy atom. The number of para-hydroxylation sites is 1. The van der Waals surface area contributed by atoms with Crippen LogP contribution in [0, 0.1) is 0 Å². The fraction of sp³-hybridized carbons (Fsp3) is 0.143. The van der Waals surface area contributed by atoms with Gasteiger partial charge in [0.2, 0.25) is 0 Å². The van der Waals surface area contributed by atoms with Crippen molar-refractivity contribution in [1.29, 1.82) is 0 Å². The first kappa shape index (κ1) is 14.4. The van der Waals surface area contributed by atoms with Crippen molar-refractivity contribution in [3.8, 4) is 5.75 Å². The summed E-state index contributed by atoms with van der Waals surface area (Å²) in [5.41, 5.74) is 1.19. The number of phenolic OH excluding ortho intramolecular Hbond substituents is 1. The molecule has 0 unspecified atom stereocenters. The van der Waals surface area contributed by atoms with Gasteiger partial charge in [-0.1, -0.05) is 24.3 Å². The van der Waals surface area contributed by atoms with Crippen molar-refractivity contribution in [2.75, 3.05) is 11.8 Å². The Balaban J connectivity index is 2.34. The maximum absolute atomic E-state index is 12.2. The van der Waals surface area contributed by atoms with Gasteiger partial charge in [-0.2, -0.15) is 0 Å². The molecule has 20 heavy (non-hydrogen) atoms. The number of benzene rings is 2. The highest BCUT2D eigenvalue weighted by molar-refractivity contribution is 7.92. The lowest BCUT2D eigenvalue weighted by molar-refractivity contribution is 0.185. The summed E-state index contributed by atoms with van der Waals surface area (Å²) in [5.74, 6) is -0.0990. The predicted octanol–water partition coefficient (Wildman–Crippen LogP) is 2.34. The Morgan fingerprint density at radius 1 is 1.15 bits per heavy atom. The first-order valence-electron chi connectivity index (χ1n) is 5.91. The van der Waals surface area contributed by atoms with Crippen molar-refractivity contribution in [2.45, 2.75) is 11.5 Å². The minimum Gasteiger partial charge on any atom is -0.508 e. The number of methoxy groups -OCH3 is 1. The molecule has 0 saturated carbocycles. The van der Waals surface area contributed by atoms with Crippen LogP contribution < -0.4 is 4.72 Å². The summed E-state index contributed by atoms with van der Waals surface area (Å²) < 4.78 is 32.0. The van der Waals surface area contributed by atoms with E-state index in [0.717, 1.165) is 5.56 Å². The first-order valence-corrected chi connectivity index (χ1v) is 7.40. The number of hydrogen-bond acceptors (Lipinski definition) is 4. The van der Waals surface area contributed by atoms with Crippen LogP contribution in [0.15, 0.2) is 53.4 Å². The van der Waals surface area contributed by atoms with E-state index in [2.05, 4.69) is 4.72 Å². The van der Waals surface area contributed by atoms with Gasteiger partial charge in [0.1, 0.15) is 5.75 Å². The van der Waals surface area contributed by atoms with Crippen LogP contribution in [0.1, 0.15) is 5.56 Å². The lowest BCUT2D eigenvalue weighted by Gasteiger charge is -2.12. The van der Waals surface area contributed by atoms with Crippen LogP contribution in [0.5, 0.6) is 5.75 Å². The number of anilines is 1. The third-order valence-electron chi connectivity index (χ3n) is 2.69. The van der Waals surface area contributed by atoms with Gasteiger partial charge in [-0.25, -0.2) is 8.42 Å². The molecule has 0 amide bonds. The summed E-state index contributed by atoms with van der Waals surface area (Å²) in [6.45, 7) is 0.304. The predicted molar refractivity (Wildman–Crippen MR) is 76.1 cm³/mol. The summed E-state index contributed by atoms with van der Waals surface area (Å²) in [6, 6.07) is 12.5. The maximum Gasteiger partial charge on any atom is 0.262 e. The zero-order valence-corrected chi connectivity index (χ0v) is 11.7. The molecule has 2 aromatic rings. The molecule has 0 aliphatic heterocycles. The molecule has 0 fully saturated rings. The topological polar surface area (TPSA) is 75.6 Å². The minimum atomic E-state index is -3.74. The molecule has 0 aromatic heterocycles. The zero-order valence-electron chi connectivity index (χ0n) is 10.9. The quantitative estimate of drug-likeness (QED) is 0.887. The lowest BCUT2D eigenvalue weighted by Crippen LogP contribution is -2.14. The number of rotatable bonds is 5. The van der Waals surface area contributed by atoms with E-state index in [-0.39, 0.29) is 10.6 Å². The van der Waals surface area contributed by atoms with E-state index in [9.17, 15) is 13.5 Å². The van der Waals surface area contributed by atoms with E-state index in [4.69, 9.17) is 4.74 Å². The van der Waals surface area contributed by atoms with Crippen LogP contribution in [-0.2, 0) is 21.4 Å². The summed E-state index contributed by atoms with van der Waals surface area (Å²) >= 11 is 0. The van der Waals surface area contributed by atoms with Crippen molar-refractivity contribution in [3.63, 3.8) is 0 Å². The summed E-state index contributed by atoms with van der Waals surface area (Å²) in [5, 5.41) is 9.37. The smallest absolute Gasteiger partial charge is 0.262 e. The second kappa shape index (κ2) is 5.94. The molecule has 0 aliphatic rings. The van der Waals surface area contributed by atoms with Gasteiger partial charge in [0.15, 0.2) is 0 Å². The molecule has 106 valence electrons. The minimum absolute atomic E-state index is 0.00437. The molecular weight excluding hydrogens is 278 g/mol. The zero-order chi connectivity index (χ0) is 14.6. The summed E-state index contributed by atoms with van der Waals surface area (Å²) in [7, 11) is -2.20. The standard InChI is InChI=1S/C14H15NO4S/c1-19-10-11-5-2-3-8-14(11)15-20(17,18)13-7-4-6-12(16)9-13/h2-9,15-16H,10H2,1H3. The average Bonchev–Trinajstić information content (AvgIpc) is 2.41. The van der Waals surface area contributed by atoms with Gasteiger partial charge < -0.3 is 9.84 Å². The Bertz CT molecular complexity index is 698. The monoisotopic (exact) mass is 293 g/mol. The average molecular weight is 293 g/mol. The molecule has 6 heteroatoms. The van der Waals surface area contributed by atoms with Gasteiger partial charge >= 0.3 is 0 Å². The number of ether oxygens (including phenoxy) is 1. The molecule has 0 radical (unpaired) electrons. The fourth-order valence-corrected chi connectivity index (χ4v) is 2.90. The Kier molecular flexibility index (Phi) is 4.26. The van der Waals surface area contributed by atoms with Gasteiger partial charge in [0, 0.05) is 18.7 Å². The fourth-order valence-electron chi connectivity index (χ4n) is 1.76. The third kappa shape index (κ3) is 3.28. The van der Waals surface area contributed by atoms with Crippen molar-refractivity contribution in [3.05, 3.63) is 54.1 Å². The number of hydrogen-bond donors (Lipinski definition) is 2. The summed E-state index contributed by atoms with van der Waals surface area (Å²) in [4.78, 5) is 0.00437. The van der Waals surface area contributed by atoms with Crippen LogP contribution in [0.4, 0.5) is 5.69 Å². The molecule has 5 nitrogen and oxygen atoms in total. The second-order valence-corrected chi connectivity index (χ2v) is 5.88. The largest absolute Gasteiger partial charge is 0.508 e. The van der Waals surface area contributed by atoms with E-state index in [0.29, 0.717) is 12.3 Å². The van der Waals surface area contributed by atoms with Crippen LogP contribution in [-0.4, -0.2) is 20.6 Å². The summed E-state index contributed by atoms with van der Waals surface area (Å²) in [6.07, 6.45) is 0. The highest BCUT2D eigenvalue weighted by Gasteiger charge is 2.16. The first-order chi connectivity index (χ1) is 9.53. The van der Waals surface area contributed by atoms with Gasteiger partial charge in [-0.15, -0.1) is 0 Å². The van der Waals surface area contributed by atoms with Crippen molar-refractivity contribution < 1.29 is 18.3 Å². The van der Waals surface area contributed by atoms with Gasteiger partial charge in [-0.05, 0) is 18.2 Å². The molecule has 0 bridgehead atoms. The van der Waals surface area contributed by atoms with Crippen molar-refractivity contribution in [1.82, 2.24) is 0 Å². The van der Waals surface area contributed by atoms with E-state index in [1.165, 1.54) is 24.3 Å². The SMILES string of the molecule is COCc1ccccc1NS(=O)(=O)c1cccc(O)c1. The number of nitrogens with one attached hydrogen (secondary N) is 1. The molecule has 0 spiro atoms.